The molecule has 0 aliphatic carbocycles. The van der Waals surface area contributed by atoms with E-state index in [9.17, 15) is 23.1 Å². The monoisotopic (exact) mass is 436 g/mol. The number of hydrogen-bond donors (Lipinski definition) is 1. The number of aromatic nitrogens is 1. The lowest BCUT2D eigenvalue weighted by Gasteiger charge is -2.39. The Labute approximate surface area is 181 Å². The highest BCUT2D eigenvalue weighted by Gasteiger charge is 2.38. The second-order valence-electron chi connectivity index (χ2n) is 8.00. The average Bonchev–Trinajstić information content (AvgIpc) is 3.11. The quantitative estimate of drug-likeness (QED) is 0.416. The third-order valence-electron chi connectivity index (χ3n) is 6.04. The molecule has 3 aromatic carbocycles. The molecule has 4 aromatic rings. The minimum Gasteiger partial charge on any atom is -0.508 e. The Balaban J connectivity index is 1.65. The lowest BCUT2D eigenvalue weighted by Crippen LogP contribution is -2.49. The SMILES string of the molecule is C=CC(=O)N1CC(n2cc(C(F)(F)F)c3cc(-c4cc(O)cc5ccccc45)ccc32)C1. The summed E-state index contributed by atoms with van der Waals surface area (Å²) in [6, 6.07) is 15.4. The molecule has 0 atom stereocenters. The average molecular weight is 436 g/mol. The second-order valence-corrected chi connectivity index (χ2v) is 8.00. The van der Waals surface area contributed by atoms with E-state index < -0.39 is 11.7 Å². The fraction of sp³-hybridized carbons (Fsp3) is 0.160. The van der Waals surface area contributed by atoms with Crippen molar-refractivity contribution in [2.75, 3.05) is 13.1 Å². The van der Waals surface area contributed by atoms with Crippen LogP contribution >= 0.6 is 0 Å². The molecule has 5 rings (SSSR count). The van der Waals surface area contributed by atoms with Gasteiger partial charge in [-0.3, -0.25) is 4.79 Å². The molecule has 7 heteroatoms. The summed E-state index contributed by atoms with van der Waals surface area (Å²) in [6.45, 7) is 4.13. The Morgan fingerprint density at radius 2 is 1.81 bits per heavy atom. The van der Waals surface area contributed by atoms with Gasteiger partial charge < -0.3 is 14.6 Å². The van der Waals surface area contributed by atoms with Crippen LogP contribution in [0.3, 0.4) is 0 Å². The number of aromatic hydroxyl groups is 1. The van der Waals surface area contributed by atoms with Gasteiger partial charge in [0.1, 0.15) is 5.75 Å². The number of carbonyl (C=O) groups excluding carboxylic acids is 1. The number of halogens is 3. The number of hydrogen-bond acceptors (Lipinski definition) is 2. The predicted molar refractivity (Wildman–Crippen MR) is 117 cm³/mol. The van der Waals surface area contributed by atoms with Crippen LogP contribution in [-0.4, -0.2) is 33.6 Å². The molecule has 32 heavy (non-hydrogen) atoms. The summed E-state index contributed by atoms with van der Waals surface area (Å²) >= 11 is 0. The van der Waals surface area contributed by atoms with Crippen LogP contribution in [-0.2, 0) is 11.0 Å². The van der Waals surface area contributed by atoms with E-state index in [1.807, 2.05) is 24.3 Å². The van der Waals surface area contributed by atoms with E-state index in [1.165, 1.54) is 12.1 Å². The summed E-state index contributed by atoms with van der Waals surface area (Å²) in [5.41, 5.74) is 0.994. The van der Waals surface area contributed by atoms with Crippen LogP contribution in [0, 0.1) is 0 Å². The molecule has 1 aromatic heterocycles. The maximum absolute atomic E-state index is 13.9. The third-order valence-corrected chi connectivity index (χ3v) is 6.04. The molecule has 1 fully saturated rings. The second kappa shape index (κ2) is 7.15. The Morgan fingerprint density at radius 3 is 2.53 bits per heavy atom. The molecule has 162 valence electrons. The molecule has 0 bridgehead atoms. The van der Waals surface area contributed by atoms with Gasteiger partial charge in [0.15, 0.2) is 0 Å². The highest BCUT2D eigenvalue weighted by molar-refractivity contribution is 6.00. The molecule has 1 aliphatic rings. The normalized spacial score (nSPS) is 14.7. The Hall–Kier alpha value is -3.74. The van der Waals surface area contributed by atoms with Gasteiger partial charge in [-0.1, -0.05) is 36.9 Å². The molecule has 4 nitrogen and oxygen atoms in total. The number of phenolic OH excluding ortho intramolecular Hbond substituents is 1. The summed E-state index contributed by atoms with van der Waals surface area (Å²) in [5, 5.41) is 11.9. The molecule has 1 N–H and O–H groups in total. The molecule has 0 saturated carbocycles. The van der Waals surface area contributed by atoms with Gasteiger partial charge in [-0.15, -0.1) is 0 Å². The number of likely N-dealkylation sites (tertiary alicyclic amines) is 1. The van der Waals surface area contributed by atoms with Crippen molar-refractivity contribution in [3.63, 3.8) is 0 Å². The van der Waals surface area contributed by atoms with Crippen molar-refractivity contribution in [1.82, 2.24) is 9.47 Å². The maximum atomic E-state index is 13.9. The Kier molecular flexibility index (Phi) is 4.51. The molecule has 0 spiro atoms. The van der Waals surface area contributed by atoms with Gasteiger partial charge in [-0.2, -0.15) is 13.2 Å². The van der Waals surface area contributed by atoms with E-state index >= 15 is 0 Å². The summed E-state index contributed by atoms with van der Waals surface area (Å²) in [5.74, 6) is -0.180. The fourth-order valence-electron chi connectivity index (χ4n) is 4.42. The van der Waals surface area contributed by atoms with E-state index in [0.717, 1.165) is 17.0 Å². The van der Waals surface area contributed by atoms with Crippen molar-refractivity contribution in [3.8, 4) is 16.9 Å². The number of phenols is 1. The Bertz CT molecular complexity index is 1380. The molecule has 2 heterocycles. The third kappa shape index (κ3) is 3.21. The van der Waals surface area contributed by atoms with Crippen LogP contribution in [0.25, 0.3) is 32.8 Å². The smallest absolute Gasteiger partial charge is 0.418 e. The number of nitrogens with zero attached hydrogens (tertiary/aromatic N) is 2. The Morgan fingerprint density at radius 1 is 1.06 bits per heavy atom. The molecule has 1 saturated heterocycles. The first-order valence-corrected chi connectivity index (χ1v) is 10.1. The minimum atomic E-state index is -4.52. The number of carbonyl (C=O) groups is 1. The van der Waals surface area contributed by atoms with Gasteiger partial charge in [-0.25, -0.2) is 0 Å². The van der Waals surface area contributed by atoms with E-state index in [0.29, 0.717) is 29.7 Å². The number of benzene rings is 3. The van der Waals surface area contributed by atoms with Crippen LogP contribution in [0.4, 0.5) is 13.2 Å². The topological polar surface area (TPSA) is 45.5 Å². The summed E-state index contributed by atoms with van der Waals surface area (Å²) < 4.78 is 43.3. The van der Waals surface area contributed by atoms with Crippen LogP contribution in [0.5, 0.6) is 5.75 Å². The first kappa shape index (κ1) is 20.2. The van der Waals surface area contributed by atoms with Gasteiger partial charge >= 0.3 is 6.18 Å². The van der Waals surface area contributed by atoms with E-state index in [1.54, 1.807) is 33.7 Å². The van der Waals surface area contributed by atoms with Gasteiger partial charge in [0, 0.05) is 30.2 Å². The lowest BCUT2D eigenvalue weighted by molar-refractivity contribution is -0.137. The van der Waals surface area contributed by atoms with Crippen LogP contribution in [0.2, 0.25) is 0 Å². The van der Waals surface area contributed by atoms with E-state index in [2.05, 4.69) is 6.58 Å². The number of amides is 1. The van der Waals surface area contributed by atoms with Crippen molar-refractivity contribution in [2.45, 2.75) is 12.2 Å². The van der Waals surface area contributed by atoms with Crippen LogP contribution < -0.4 is 0 Å². The van der Waals surface area contributed by atoms with Crippen molar-refractivity contribution < 1.29 is 23.1 Å². The molecule has 1 aliphatic heterocycles. The highest BCUT2D eigenvalue weighted by atomic mass is 19.4. The fourth-order valence-corrected chi connectivity index (χ4v) is 4.42. The number of rotatable bonds is 3. The molecular formula is C25H19F3N2O2. The first-order valence-electron chi connectivity index (χ1n) is 10.1. The van der Waals surface area contributed by atoms with Crippen LogP contribution in [0.15, 0.2) is 73.4 Å². The molecule has 0 unspecified atom stereocenters. The summed E-state index contributed by atoms with van der Waals surface area (Å²) in [7, 11) is 0. The molecule has 1 amide bonds. The highest BCUT2D eigenvalue weighted by Crippen LogP contribution is 2.41. The maximum Gasteiger partial charge on any atom is 0.418 e. The standard InChI is InChI=1S/C25H19F3N2O2/c1-2-24(32)29-12-17(13-29)30-14-22(25(26,27)28)21-10-16(7-8-23(21)30)20-11-18(31)9-15-5-3-4-6-19(15)20/h2-11,14,17,31H,1,12-13H2. The van der Waals surface area contributed by atoms with E-state index in [-0.39, 0.29) is 23.1 Å². The minimum absolute atomic E-state index is 0.0499. The van der Waals surface area contributed by atoms with Gasteiger partial charge in [0.25, 0.3) is 0 Å². The molecular weight excluding hydrogens is 417 g/mol. The van der Waals surface area contributed by atoms with Crippen molar-refractivity contribution in [1.29, 1.82) is 0 Å². The zero-order chi connectivity index (χ0) is 22.6. The van der Waals surface area contributed by atoms with Crippen molar-refractivity contribution in [3.05, 3.63) is 79.0 Å². The van der Waals surface area contributed by atoms with Crippen molar-refractivity contribution in [2.24, 2.45) is 0 Å². The van der Waals surface area contributed by atoms with Crippen molar-refractivity contribution >= 4 is 27.6 Å². The molecule has 0 radical (unpaired) electrons. The zero-order valence-corrected chi connectivity index (χ0v) is 16.9. The predicted octanol–water partition coefficient (Wildman–Crippen LogP) is 5.76. The van der Waals surface area contributed by atoms with Gasteiger partial charge in [0.2, 0.25) is 5.91 Å². The number of alkyl halides is 3. The van der Waals surface area contributed by atoms with Gasteiger partial charge in [-0.05, 0) is 52.2 Å². The number of fused-ring (bicyclic) bond motifs is 2. The first-order chi connectivity index (χ1) is 15.3. The van der Waals surface area contributed by atoms with Gasteiger partial charge in [0.05, 0.1) is 11.6 Å². The van der Waals surface area contributed by atoms with Crippen LogP contribution in [0.1, 0.15) is 11.6 Å². The lowest BCUT2D eigenvalue weighted by atomic mass is 9.96. The zero-order valence-electron chi connectivity index (χ0n) is 16.9. The largest absolute Gasteiger partial charge is 0.508 e. The van der Waals surface area contributed by atoms with E-state index in [4.69, 9.17) is 0 Å². The summed E-state index contributed by atoms with van der Waals surface area (Å²) in [4.78, 5) is 13.3. The summed E-state index contributed by atoms with van der Waals surface area (Å²) in [6.07, 6.45) is -2.18.